The van der Waals surface area contributed by atoms with Gasteiger partial charge in [0.25, 0.3) is 5.91 Å². The molecular weight excluding hydrogens is 430 g/mol. The fourth-order valence-electron chi connectivity index (χ4n) is 3.90. The molecule has 2 heterocycles. The molecule has 0 N–H and O–H groups in total. The highest BCUT2D eigenvalue weighted by molar-refractivity contribution is 9.10. The topological polar surface area (TPSA) is 53.0 Å². The third-order valence-corrected chi connectivity index (χ3v) is 5.75. The Hall–Kier alpha value is -3.25. The third kappa shape index (κ3) is 2.87. The minimum Gasteiger partial charge on any atom is -0.273 e. The van der Waals surface area contributed by atoms with Crippen LogP contribution in [0.2, 0.25) is 0 Å². The normalized spacial score (nSPS) is 20.8. The molecule has 2 atom stereocenters. The molecule has 0 spiro atoms. The highest BCUT2D eigenvalue weighted by Crippen LogP contribution is 2.39. The predicted molar refractivity (Wildman–Crippen MR) is 116 cm³/mol. The minimum atomic E-state index is -0.691. The number of hydrogen-bond donors (Lipinski definition) is 0. The quantitative estimate of drug-likeness (QED) is 0.566. The zero-order valence-corrected chi connectivity index (χ0v) is 16.9. The highest BCUT2D eigenvalue weighted by Gasteiger charge is 2.57. The summed E-state index contributed by atoms with van der Waals surface area (Å²) in [5.74, 6) is -1.15. The number of nitrogens with zero attached hydrogens (tertiary/aromatic N) is 3. The smallest absolute Gasteiger partial charge is 0.259 e. The number of para-hydroxylation sites is 1. The summed E-state index contributed by atoms with van der Waals surface area (Å²) in [6, 6.07) is 25.6. The summed E-state index contributed by atoms with van der Waals surface area (Å²) in [6.45, 7) is 0. The lowest BCUT2D eigenvalue weighted by molar-refractivity contribution is -0.121. The van der Waals surface area contributed by atoms with Crippen LogP contribution in [0.3, 0.4) is 0 Å². The second kappa shape index (κ2) is 6.97. The van der Waals surface area contributed by atoms with Gasteiger partial charge in [0.2, 0.25) is 5.91 Å². The van der Waals surface area contributed by atoms with Crippen LogP contribution >= 0.6 is 15.9 Å². The number of hydrazone groups is 1. The van der Waals surface area contributed by atoms with Crippen molar-refractivity contribution in [2.45, 2.75) is 6.04 Å². The van der Waals surface area contributed by atoms with Crippen LogP contribution in [0.1, 0.15) is 5.56 Å². The van der Waals surface area contributed by atoms with Gasteiger partial charge in [-0.1, -0.05) is 64.5 Å². The molecule has 2 amide bonds. The van der Waals surface area contributed by atoms with E-state index in [-0.39, 0.29) is 11.8 Å². The van der Waals surface area contributed by atoms with Crippen LogP contribution in [0.15, 0.2) is 94.5 Å². The first-order chi connectivity index (χ1) is 14.1. The Bertz CT molecular complexity index is 1110. The van der Waals surface area contributed by atoms with Gasteiger partial charge in [-0.25, -0.2) is 4.90 Å². The number of hydrogen-bond acceptors (Lipinski definition) is 4. The average molecular weight is 446 g/mol. The maximum Gasteiger partial charge on any atom is 0.259 e. The summed E-state index contributed by atoms with van der Waals surface area (Å²) in [6.07, 6.45) is 0. The van der Waals surface area contributed by atoms with E-state index in [1.807, 2.05) is 72.8 Å². The van der Waals surface area contributed by atoms with Crippen molar-refractivity contribution >= 4 is 44.8 Å². The Balaban J connectivity index is 1.63. The molecule has 142 valence electrons. The molecule has 0 aliphatic carbocycles. The first kappa shape index (κ1) is 17.8. The first-order valence-electron chi connectivity index (χ1n) is 9.27. The standard InChI is InChI=1S/C23H16BrN3O2/c24-16-11-13-17(14-12-16)26-22(28)19-20(15-7-3-1-4-8-15)25-27(21(19)23(26)29)18-9-5-2-6-10-18/h1-14,19,21H. The zero-order valence-electron chi connectivity index (χ0n) is 15.3. The Labute approximate surface area is 176 Å². The summed E-state index contributed by atoms with van der Waals surface area (Å²) in [7, 11) is 0. The molecule has 5 nitrogen and oxygen atoms in total. The molecule has 3 aromatic carbocycles. The molecule has 1 fully saturated rings. The monoisotopic (exact) mass is 445 g/mol. The Morgan fingerprint density at radius 1 is 0.724 bits per heavy atom. The molecule has 0 aromatic heterocycles. The summed E-state index contributed by atoms with van der Waals surface area (Å²) in [5.41, 5.74) is 2.82. The van der Waals surface area contributed by atoms with Gasteiger partial charge in [0.15, 0.2) is 0 Å². The van der Waals surface area contributed by atoms with Crippen LogP contribution in [0.5, 0.6) is 0 Å². The molecule has 1 saturated heterocycles. The van der Waals surface area contributed by atoms with E-state index in [1.54, 1.807) is 17.1 Å². The van der Waals surface area contributed by atoms with E-state index in [2.05, 4.69) is 15.9 Å². The lowest BCUT2D eigenvalue weighted by Gasteiger charge is -2.22. The highest BCUT2D eigenvalue weighted by atomic mass is 79.9. The number of fused-ring (bicyclic) bond motifs is 1. The van der Waals surface area contributed by atoms with E-state index in [1.165, 1.54) is 4.90 Å². The Morgan fingerprint density at radius 2 is 1.34 bits per heavy atom. The molecule has 3 aromatic rings. The number of carbonyl (C=O) groups excluding carboxylic acids is 2. The fourth-order valence-corrected chi connectivity index (χ4v) is 4.16. The summed E-state index contributed by atoms with van der Waals surface area (Å²) >= 11 is 3.40. The third-order valence-electron chi connectivity index (χ3n) is 5.22. The maximum atomic E-state index is 13.4. The maximum absolute atomic E-state index is 13.4. The van der Waals surface area contributed by atoms with E-state index in [4.69, 9.17) is 5.10 Å². The second-order valence-corrected chi connectivity index (χ2v) is 7.86. The molecule has 29 heavy (non-hydrogen) atoms. The predicted octanol–water partition coefficient (Wildman–Crippen LogP) is 4.23. The average Bonchev–Trinajstić information content (AvgIpc) is 3.27. The van der Waals surface area contributed by atoms with E-state index >= 15 is 0 Å². The van der Waals surface area contributed by atoms with Gasteiger partial charge in [-0.3, -0.25) is 14.6 Å². The largest absolute Gasteiger partial charge is 0.273 e. The molecule has 2 aliphatic heterocycles. The van der Waals surface area contributed by atoms with Crippen molar-refractivity contribution in [2.24, 2.45) is 11.0 Å². The molecule has 0 bridgehead atoms. The molecule has 2 unspecified atom stereocenters. The number of carbonyl (C=O) groups is 2. The van der Waals surface area contributed by atoms with E-state index in [0.717, 1.165) is 15.7 Å². The van der Waals surface area contributed by atoms with Crippen molar-refractivity contribution in [3.8, 4) is 0 Å². The minimum absolute atomic E-state index is 0.247. The molecule has 2 aliphatic rings. The van der Waals surface area contributed by atoms with Crippen molar-refractivity contribution in [3.05, 3.63) is 95.0 Å². The number of imide groups is 1. The second-order valence-electron chi connectivity index (χ2n) is 6.94. The fraction of sp³-hybridized carbons (Fsp3) is 0.0870. The molecule has 6 heteroatoms. The molecule has 0 radical (unpaired) electrons. The van der Waals surface area contributed by atoms with Crippen LogP contribution < -0.4 is 9.91 Å². The lowest BCUT2D eigenvalue weighted by Crippen LogP contribution is -2.39. The van der Waals surface area contributed by atoms with Gasteiger partial charge in [0, 0.05) is 4.47 Å². The van der Waals surface area contributed by atoms with Crippen molar-refractivity contribution in [3.63, 3.8) is 0 Å². The SMILES string of the molecule is O=C1C2C(c3ccccc3)=NN(c3ccccc3)C2C(=O)N1c1ccc(Br)cc1. The molecule has 5 rings (SSSR count). The van der Waals surface area contributed by atoms with Crippen molar-refractivity contribution in [2.75, 3.05) is 9.91 Å². The van der Waals surface area contributed by atoms with E-state index in [0.29, 0.717) is 11.4 Å². The van der Waals surface area contributed by atoms with Crippen LogP contribution in [0.25, 0.3) is 0 Å². The number of amides is 2. The van der Waals surface area contributed by atoms with Crippen LogP contribution in [0.4, 0.5) is 11.4 Å². The van der Waals surface area contributed by atoms with Crippen molar-refractivity contribution in [1.29, 1.82) is 0 Å². The van der Waals surface area contributed by atoms with E-state index < -0.39 is 12.0 Å². The Morgan fingerprint density at radius 3 is 2.00 bits per heavy atom. The lowest BCUT2D eigenvalue weighted by atomic mass is 9.93. The molecular formula is C23H16BrN3O2. The summed E-state index contributed by atoms with van der Waals surface area (Å²) in [4.78, 5) is 28.1. The van der Waals surface area contributed by atoms with E-state index in [9.17, 15) is 9.59 Å². The van der Waals surface area contributed by atoms with Crippen molar-refractivity contribution < 1.29 is 9.59 Å². The Kier molecular flexibility index (Phi) is 4.28. The summed E-state index contributed by atoms with van der Waals surface area (Å²) < 4.78 is 0.887. The van der Waals surface area contributed by atoms with Gasteiger partial charge < -0.3 is 0 Å². The van der Waals surface area contributed by atoms with Gasteiger partial charge >= 0.3 is 0 Å². The van der Waals surface area contributed by atoms with Crippen LogP contribution in [-0.2, 0) is 9.59 Å². The van der Waals surface area contributed by atoms with Crippen molar-refractivity contribution in [1.82, 2.24) is 0 Å². The number of benzene rings is 3. The first-order valence-corrected chi connectivity index (χ1v) is 10.1. The van der Waals surface area contributed by atoms with Gasteiger partial charge in [0.05, 0.1) is 17.1 Å². The zero-order chi connectivity index (χ0) is 20.0. The van der Waals surface area contributed by atoms with Crippen LogP contribution in [0, 0.1) is 5.92 Å². The van der Waals surface area contributed by atoms with Gasteiger partial charge in [-0.15, -0.1) is 0 Å². The van der Waals surface area contributed by atoms with Gasteiger partial charge in [-0.05, 0) is 42.0 Å². The number of halogens is 1. The molecule has 0 saturated carbocycles. The van der Waals surface area contributed by atoms with Gasteiger partial charge in [0.1, 0.15) is 12.0 Å². The summed E-state index contributed by atoms with van der Waals surface area (Å²) in [5, 5.41) is 6.42. The van der Waals surface area contributed by atoms with Crippen LogP contribution in [-0.4, -0.2) is 23.6 Å². The van der Waals surface area contributed by atoms with Gasteiger partial charge in [-0.2, -0.15) is 5.10 Å². The number of anilines is 2. The number of rotatable bonds is 3.